The quantitative estimate of drug-likeness (QED) is 0.624. The van der Waals surface area contributed by atoms with E-state index >= 15 is 0 Å². The molecule has 0 bridgehead atoms. The first-order valence-electron chi connectivity index (χ1n) is 6.40. The first kappa shape index (κ1) is 12.7. The molecule has 1 aromatic heterocycles. The van der Waals surface area contributed by atoms with Gasteiger partial charge in [-0.2, -0.15) is 0 Å². The van der Waals surface area contributed by atoms with Gasteiger partial charge < -0.3 is 4.98 Å². The minimum Gasteiger partial charge on any atom is -0.361 e. The van der Waals surface area contributed by atoms with Gasteiger partial charge in [0, 0.05) is 26.6 Å². The van der Waals surface area contributed by atoms with Crippen LogP contribution in [0.15, 0.2) is 54.7 Å². The molecule has 19 heavy (non-hydrogen) atoms. The van der Waals surface area contributed by atoms with Crippen molar-refractivity contribution < 1.29 is 0 Å². The Morgan fingerprint density at radius 3 is 2.63 bits per heavy atom. The van der Waals surface area contributed by atoms with Crippen LogP contribution in [0.4, 0.5) is 0 Å². The van der Waals surface area contributed by atoms with Crippen molar-refractivity contribution in [1.29, 1.82) is 0 Å². The number of fused-ring (bicyclic) bond motifs is 1. The summed E-state index contributed by atoms with van der Waals surface area (Å²) in [6.07, 6.45) is 2.99. The Morgan fingerprint density at radius 2 is 1.89 bits per heavy atom. The maximum absolute atomic E-state index is 4.13. The molecule has 1 atom stereocenters. The Labute approximate surface area is 127 Å². The van der Waals surface area contributed by atoms with Crippen molar-refractivity contribution in [3.8, 4) is 0 Å². The van der Waals surface area contributed by atoms with E-state index in [0.29, 0.717) is 5.92 Å². The highest BCUT2D eigenvalue weighted by molar-refractivity contribution is 14.1. The fourth-order valence-corrected chi connectivity index (χ4v) is 3.08. The van der Waals surface area contributed by atoms with Gasteiger partial charge in [-0.3, -0.25) is 0 Å². The zero-order valence-electron chi connectivity index (χ0n) is 10.6. The normalized spacial score (nSPS) is 12.7. The standard InChI is InChI=1S/C17H15IN/c1-2-14(12-6-4-3-5-7-12)16-11-19-17-9-8-13(18)10-15(16)17/h3-11,14,19H,1-2H2. The average Bonchev–Trinajstić information content (AvgIpc) is 2.84. The molecule has 0 aliphatic rings. The molecule has 95 valence electrons. The van der Waals surface area contributed by atoms with Crippen molar-refractivity contribution in [1.82, 2.24) is 4.98 Å². The van der Waals surface area contributed by atoms with Crippen LogP contribution in [0.1, 0.15) is 23.5 Å². The van der Waals surface area contributed by atoms with E-state index < -0.39 is 0 Å². The predicted molar refractivity (Wildman–Crippen MR) is 89.3 cm³/mol. The molecule has 1 nitrogen and oxygen atoms in total. The lowest BCUT2D eigenvalue weighted by atomic mass is 9.89. The molecule has 1 heterocycles. The second-order valence-corrected chi connectivity index (χ2v) is 5.93. The van der Waals surface area contributed by atoms with Crippen LogP contribution in [0.25, 0.3) is 10.9 Å². The maximum Gasteiger partial charge on any atom is 0.0457 e. The molecule has 0 aliphatic carbocycles. The molecule has 0 fully saturated rings. The third kappa shape index (κ3) is 2.41. The molecule has 1 N–H and O–H groups in total. The summed E-state index contributed by atoms with van der Waals surface area (Å²) in [6, 6.07) is 17.1. The summed E-state index contributed by atoms with van der Waals surface area (Å²) in [5.74, 6) is 0.355. The second kappa shape index (κ2) is 5.37. The van der Waals surface area contributed by atoms with Crippen LogP contribution in [0.5, 0.6) is 0 Å². The lowest BCUT2D eigenvalue weighted by Gasteiger charge is -2.14. The maximum atomic E-state index is 4.13. The minimum absolute atomic E-state index is 0.355. The van der Waals surface area contributed by atoms with E-state index in [4.69, 9.17) is 0 Å². The Bertz CT molecular complexity index is 685. The summed E-state index contributed by atoms with van der Waals surface area (Å²) >= 11 is 2.36. The Morgan fingerprint density at radius 1 is 1.11 bits per heavy atom. The molecule has 0 amide bonds. The summed E-state index contributed by atoms with van der Waals surface area (Å²) in [7, 11) is 0. The van der Waals surface area contributed by atoms with Gasteiger partial charge in [-0.05, 0) is 58.3 Å². The van der Waals surface area contributed by atoms with Gasteiger partial charge in [-0.1, -0.05) is 37.3 Å². The Hall–Kier alpha value is -1.29. The fourth-order valence-electron chi connectivity index (χ4n) is 2.59. The van der Waals surface area contributed by atoms with Gasteiger partial charge in [0.2, 0.25) is 0 Å². The van der Waals surface area contributed by atoms with Gasteiger partial charge in [-0.25, -0.2) is 0 Å². The van der Waals surface area contributed by atoms with Gasteiger partial charge in [0.05, 0.1) is 0 Å². The molecule has 2 aromatic carbocycles. The predicted octanol–water partition coefficient (Wildman–Crippen LogP) is 5.13. The van der Waals surface area contributed by atoms with Crippen molar-refractivity contribution >= 4 is 33.5 Å². The molecule has 1 unspecified atom stereocenters. The highest BCUT2D eigenvalue weighted by Crippen LogP contribution is 2.33. The van der Waals surface area contributed by atoms with Crippen molar-refractivity contribution in [2.75, 3.05) is 0 Å². The minimum atomic E-state index is 0.355. The zero-order chi connectivity index (χ0) is 13.2. The zero-order valence-corrected chi connectivity index (χ0v) is 12.7. The topological polar surface area (TPSA) is 15.8 Å². The molecule has 1 radical (unpaired) electrons. The number of aromatic amines is 1. The number of aromatic nitrogens is 1. The molecule has 0 spiro atoms. The van der Waals surface area contributed by atoms with Crippen LogP contribution >= 0.6 is 22.6 Å². The smallest absolute Gasteiger partial charge is 0.0457 e. The summed E-state index contributed by atoms with van der Waals surface area (Å²) in [5, 5.41) is 1.31. The van der Waals surface area contributed by atoms with Gasteiger partial charge in [0.25, 0.3) is 0 Å². The Kier molecular flexibility index (Phi) is 3.60. The fraction of sp³-hybridized carbons (Fsp3) is 0.118. The van der Waals surface area contributed by atoms with E-state index in [1.54, 1.807) is 0 Å². The third-order valence-corrected chi connectivity index (χ3v) is 4.21. The summed E-state index contributed by atoms with van der Waals surface area (Å²) in [5.41, 5.74) is 3.87. The molecule has 0 aliphatic heterocycles. The van der Waals surface area contributed by atoms with Gasteiger partial charge >= 0.3 is 0 Å². The molecule has 2 heteroatoms. The van der Waals surface area contributed by atoms with Crippen LogP contribution in [0.2, 0.25) is 0 Å². The number of hydrogen-bond donors (Lipinski definition) is 1. The van der Waals surface area contributed by atoms with Crippen molar-refractivity contribution in [3.05, 3.63) is 76.3 Å². The van der Waals surface area contributed by atoms with Crippen molar-refractivity contribution in [2.24, 2.45) is 0 Å². The van der Waals surface area contributed by atoms with E-state index in [0.717, 1.165) is 6.42 Å². The molecular weight excluding hydrogens is 345 g/mol. The largest absolute Gasteiger partial charge is 0.361 e. The monoisotopic (exact) mass is 360 g/mol. The first-order valence-corrected chi connectivity index (χ1v) is 7.48. The molecule has 0 saturated heterocycles. The summed E-state index contributed by atoms with van der Waals surface area (Å²) in [4.78, 5) is 3.37. The average molecular weight is 360 g/mol. The van der Waals surface area contributed by atoms with E-state index in [9.17, 15) is 0 Å². The number of hydrogen-bond acceptors (Lipinski definition) is 0. The van der Waals surface area contributed by atoms with Crippen LogP contribution in [-0.4, -0.2) is 4.98 Å². The van der Waals surface area contributed by atoms with E-state index in [1.165, 1.54) is 25.6 Å². The number of halogens is 1. The van der Waals surface area contributed by atoms with Gasteiger partial charge in [0.1, 0.15) is 0 Å². The van der Waals surface area contributed by atoms with E-state index in [1.807, 2.05) is 0 Å². The van der Waals surface area contributed by atoms with E-state index in [-0.39, 0.29) is 0 Å². The summed E-state index contributed by atoms with van der Waals surface area (Å²) in [6.45, 7) is 4.13. The van der Waals surface area contributed by atoms with Crippen LogP contribution in [0, 0.1) is 10.5 Å². The van der Waals surface area contributed by atoms with Crippen molar-refractivity contribution in [3.63, 3.8) is 0 Å². The molecular formula is C17H15IN. The molecule has 3 rings (SSSR count). The highest BCUT2D eigenvalue weighted by atomic mass is 127. The number of nitrogens with one attached hydrogen (secondary N) is 1. The van der Waals surface area contributed by atoms with Crippen LogP contribution < -0.4 is 0 Å². The van der Waals surface area contributed by atoms with Gasteiger partial charge in [-0.15, -0.1) is 0 Å². The van der Waals surface area contributed by atoms with Gasteiger partial charge in [0.15, 0.2) is 0 Å². The first-order chi connectivity index (χ1) is 9.29. The van der Waals surface area contributed by atoms with Crippen molar-refractivity contribution in [2.45, 2.75) is 12.3 Å². The number of rotatable bonds is 3. The molecule has 3 aromatic rings. The lowest BCUT2D eigenvalue weighted by molar-refractivity contribution is 0.834. The highest BCUT2D eigenvalue weighted by Gasteiger charge is 2.16. The van der Waals surface area contributed by atoms with E-state index in [2.05, 4.69) is 89.2 Å². The van der Waals surface area contributed by atoms with Crippen LogP contribution in [0.3, 0.4) is 0 Å². The lowest BCUT2D eigenvalue weighted by Crippen LogP contribution is -1.98. The number of benzene rings is 2. The number of H-pyrrole nitrogens is 1. The SMILES string of the molecule is [CH2]CC(c1ccccc1)c1c[nH]c2ccc(I)cc12. The van der Waals surface area contributed by atoms with Crippen LogP contribution in [-0.2, 0) is 0 Å². The third-order valence-electron chi connectivity index (χ3n) is 3.54. The summed E-state index contributed by atoms with van der Waals surface area (Å²) < 4.78 is 1.27. The second-order valence-electron chi connectivity index (χ2n) is 4.69. The Balaban J connectivity index is 2.14. The molecule has 0 saturated carbocycles.